The van der Waals surface area contributed by atoms with E-state index < -0.39 is 12.6 Å². The molecule has 37 heavy (non-hydrogen) atoms. The van der Waals surface area contributed by atoms with E-state index in [1.165, 1.54) is 0 Å². The van der Waals surface area contributed by atoms with Gasteiger partial charge >= 0.3 is 5.97 Å². The van der Waals surface area contributed by atoms with Gasteiger partial charge in [-0.3, -0.25) is 0 Å². The molecule has 4 aromatic rings. The van der Waals surface area contributed by atoms with Crippen LogP contribution in [0.5, 0.6) is 17.2 Å². The number of aromatic nitrogens is 2. The van der Waals surface area contributed by atoms with Gasteiger partial charge in [0.2, 0.25) is 0 Å². The molecule has 0 saturated heterocycles. The van der Waals surface area contributed by atoms with E-state index in [4.69, 9.17) is 30.9 Å². The molecule has 0 amide bonds. The molecule has 4 rings (SSSR count). The lowest BCUT2D eigenvalue weighted by Crippen LogP contribution is -2.13. The molecule has 0 bridgehead atoms. The summed E-state index contributed by atoms with van der Waals surface area (Å²) in [6.07, 6.45) is 0. The summed E-state index contributed by atoms with van der Waals surface area (Å²) in [7, 11) is 3.18. The van der Waals surface area contributed by atoms with Crippen LogP contribution in [0.1, 0.15) is 26.3 Å². The summed E-state index contributed by atoms with van der Waals surface area (Å²) >= 11 is 6.15. The lowest BCUT2D eigenvalue weighted by molar-refractivity contribution is -0.139. The van der Waals surface area contributed by atoms with Crippen LogP contribution >= 0.6 is 11.6 Å². The lowest BCUT2D eigenvalue weighted by Gasteiger charge is -2.21. The number of carbonyl (C=O) groups is 1. The molecule has 192 valence electrons. The number of nitrogens with zero attached hydrogens (tertiary/aromatic N) is 2. The minimum Gasteiger partial charge on any atom is -0.493 e. The van der Waals surface area contributed by atoms with Crippen LogP contribution in [0.25, 0.3) is 28.2 Å². The fourth-order valence-electron chi connectivity index (χ4n) is 4.03. The SMILES string of the molecule is COc1cccc(-c2cc(-c3cc(C(C)(C)C)ccc3OCC(=O)O)nn2-c2ccc(Cl)cc2)c1OC. The Morgan fingerprint density at radius 3 is 2.30 bits per heavy atom. The van der Waals surface area contributed by atoms with E-state index in [0.29, 0.717) is 33.5 Å². The summed E-state index contributed by atoms with van der Waals surface area (Å²) in [5.41, 5.74) is 4.53. The standard InChI is InChI=1S/C29H29ClN2O5/c1-29(2,3)18-9-14-25(37-17-27(33)34)22(15-18)23-16-24(21-7-6-8-26(35-4)28(21)36-5)32(31-23)20-12-10-19(30)11-13-20/h6-16H,17H2,1-5H3,(H,33,34). The molecule has 0 saturated carbocycles. The van der Waals surface area contributed by atoms with E-state index >= 15 is 0 Å². The molecular weight excluding hydrogens is 492 g/mol. The van der Waals surface area contributed by atoms with Gasteiger partial charge in [0.15, 0.2) is 18.1 Å². The molecule has 0 atom stereocenters. The molecule has 0 fully saturated rings. The maximum absolute atomic E-state index is 11.3. The van der Waals surface area contributed by atoms with Crippen LogP contribution in [-0.4, -0.2) is 41.7 Å². The lowest BCUT2D eigenvalue weighted by atomic mass is 9.85. The maximum atomic E-state index is 11.3. The van der Waals surface area contributed by atoms with E-state index in [2.05, 4.69) is 20.8 Å². The Balaban J connectivity index is 1.98. The van der Waals surface area contributed by atoms with Gasteiger partial charge in [-0.05, 0) is 65.6 Å². The van der Waals surface area contributed by atoms with Gasteiger partial charge in [-0.2, -0.15) is 5.10 Å². The van der Waals surface area contributed by atoms with Crippen LogP contribution < -0.4 is 14.2 Å². The van der Waals surface area contributed by atoms with E-state index in [9.17, 15) is 9.90 Å². The highest BCUT2D eigenvalue weighted by Gasteiger charge is 2.23. The van der Waals surface area contributed by atoms with Crippen LogP contribution in [0.3, 0.4) is 0 Å². The first-order chi connectivity index (χ1) is 17.6. The molecule has 0 aliphatic heterocycles. The number of para-hydroxylation sites is 1. The first-order valence-corrected chi connectivity index (χ1v) is 12.1. The number of benzene rings is 3. The van der Waals surface area contributed by atoms with Crippen molar-refractivity contribution < 1.29 is 24.1 Å². The second-order valence-corrected chi connectivity index (χ2v) is 9.92. The molecule has 7 nitrogen and oxygen atoms in total. The van der Waals surface area contributed by atoms with E-state index in [0.717, 1.165) is 22.5 Å². The van der Waals surface area contributed by atoms with E-state index in [1.54, 1.807) is 37.1 Å². The van der Waals surface area contributed by atoms with Crippen LogP contribution in [0.2, 0.25) is 5.02 Å². The molecule has 0 spiro atoms. The molecule has 3 aromatic carbocycles. The molecule has 0 unspecified atom stereocenters. The Kier molecular flexibility index (Phi) is 7.45. The number of carboxylic acids is 1. The molecular formula is C29H29ClN2O5. The van der Waals surface area contributed by atoms with Crippen molar-refractivity contribution in [1.29, 1.82) is 0 Å². The van der Waals surface area contributed by atoms with Crippen LogP contribution in [0, 0.1) is 0 Å². The normalized spacial score (nSPS) is 11.3. The van der Waals surface area contributed by atoms with Gasteiger partial charge in [0.05, 0.1) is 31.3 Å². The monoisotopic (exact) mass is 520 g/mol. The third-order valence-corrected chi connectivity index (χ3v) is 6.18. The quantitative estimate of drug-likeness (QED) is 0.280. The first-order valence-electron chi connectivity index (χ1n) is 11.7. The second-order valence-electron chi connectivity index (χ2n) is 9.49. The summed E-state index contributed by atoms with van der Waals surface area (Å²) in [5.74, 6) is 0.530. The predicted octanol–water partition coefficient (Wildman–Crippen LogP) is 6.64. The Hall–Kier alpha value is -3.97. The molecule has 1 N–H and O–H groups in total. The number of halogens is 1. The van der Waals surface area contributed by atoms with Crippen molar-refractivity contribution in [3.8, 4) is 45.5 Å². The number of ether oxygens (including phenoxy) is 3. The van der Waals surface area contributed by atoms with Gasteiger partial charge in [-0.1, -0.05) is 44.5 Å². The second kappa shape index (κ2) is 10.6. The van der Waals surface area contributed by atoms with Crippen LogP contribution in [-0.2, 0) is 10.2 Å². The van der Waals surface area contributed by atoms with Gasteiger partial charge in [0, 0.05) is 16.1 Å². The number of hydrogen-bond acceptors (Lipinski definition) is 5. The van der Waals surface area contributed by atoms with Gasteiger partial charge in [0.25, 0.3) is 0 Å². The molecule has 8 heteroatoms. The molecule has 1 heterocycles. The Labute approximate surface area is 221 Å². The molecule has 1 aromatic heterocycles. The molecule has 0 aliphatic carbocycles. The Bertz CT molecular complexity index is 1420. The van der Waals surface area contributed by atoms with Crippen molar-refractivity contribution in [2.45, 2.75) is 26.2 Å². The van der Waals surface area contributed by atoms with E-state index in [1.807, 2.05) is 48.5 Å². The zero-order chi connectivity index (χ0) is 26.7. The average molecular weight is 521 g/mol. The highest BCUT2D eigenvalue weighted by molar-refractivity contribution is 6.30. The zero-order valence-electron chi connectivity index (χ0n) is 21.4. The van der Waals surface area contributed by atoms with Crippen LogP contribution in [0.15, 0.2) is 66.7 Å². The summed E-state index contributed by atoms with van der Waals surface area (Å²) in [5, 5.41) is 14.8. The van der Waals surface area contributed by atoms with Gasteiger partial charge in [0.1, 0.15) is 5.75 Å². The summed E-state index contributed by atoms with van der Waals surface area (Å²) in [6.45, 7) is 5.88. The number of carboxylic acid groups (broad SMARTS) is 1. The number of rotatable bonds is 8. The Morgan fingerprint density at radius 2 is 1.68 bits per heavy atom. The minimum absolute atomic E-state index is 0.141. The Morgan fingerprint density at radius 1 is 0.946 bits per heavy atom. The summed E-state index contributed by atoms with van der Waals surface area (Å²) < 4.78 is 18.7. The fourth-order valence-corrected chi connectivity index (χ4v) is 4.16. The summed E-state index contributed by atoms with van der Waals surface area (Å²) in [6, 6.07) is 20.7. The van der Waals surface area contributed by atoms with Gasteiger partial charge < -0.3 is 19.3 Å². The maximum Gasteiger partial charge on any atom is 0.341 e. The number of methoxy groups -OCH3 is 2. The fraction of sp³-hybridized carbons (Fsp3) is 0.241. The van der Waals surface area contributed by atoms with Crippen LogP contribution in [0.4, 0.5) is 0 Å². The topological polar surface area (TPSA) is 82.8 Å². The minimum atomic E-state index is -1.06. The summed E-state index contributed by atoms with van der Waals surface area (Å²) in [4.78, 5) is 11.3. The molecule has 0 aliphatic rings. The number of hydrogen-bond donors (Lipinski definition) is 1. The third-order valence-electron chi connectivity index (χ3n) is 5.93. The van der Waals surface area contributed by atoms with Crippen molar-refractivity contribution >= 4 is 17.6 Å². The van der Waals surface area contributed by atoms with Crippen molar-refractivity contribution in [3.63, 3.8) is 0 Å². The van der Waals surface area contributed by atoms with E-state index in [-0.39, 0.29) is 5.41 Å². The average Bonchev–Trinajstić information content (AvgIpc) is 3.31. The van der Waals surface area contributed by atoms with Crippen molar-refractivity contribution in [1.82, 2.24) is 9.78 Å². The third kappa shape index (κ3) is 5.57. The van der Waals surface area contributed by atoms with Crippen molar-refractivity contribution in [3.05, 3.63) is 77.3 Å². The predicted molar refractivity (Wildman–Crippen MR) is 144 cm³/mol. The largest absolute Gasteiger partial charge is 0.493 e. The smallest absolute Gasteiger partial charge is 0.341 e. The zero-order valence-corrected chi connectivity index (χ0v) is 22.2. The number of aliphatic carboxylic acids is 1. The molecule has 0 radical (unpaired) electrons. The van der Waals surface area contributed by atoms with Gasteiger partial charge in [-0.15, -0.1) is 0 Å². The van der Waals surface area contributed by atoms with Crippen molar-refractivity contribution in [2.24, 2.45) is 0 Å². The van der Waals surface area contributed by atoms with Gasteiger partial charge in [-0.25, -0.2) is 9.48 Å². The highest BCUT2D eigenvalue weighted by Crippen LogP contribution is 2.42. The highest BCUT2D eigenvalue weighted by atomic mass is 35.5. The first kappa shape index (κ1) is 26.1. The van der Waals surface area contributed by atoms with Crippen molar-refractivity contribution in [2.75, 3.05) is 20.8 Å².